The normalized spacial score (nSPS) is 12.0. The maximum absolute atomic E-state index is 6.53. The van der Waals surface area contributed by atoms with Gasteiger partial charge in [-0.2, -0.15) is 0 Å². The van der Waals surface area contributed by atoms with Crippen molar-refractivity contribution in [2.75, 3.05) is 4.90 Å². The van der Waals surface area contributed by atoms with Gasteiger partial charge in [0.1, 0.15) is 11.2 Å². The monoisotopic (exact) mass is 700 g/mol. The number of hydrogen-bond donors (Lipinski definition) is 0. The Hall–Kier alpha value is -7.36. The van der Waals surface area contributed by atoms with E-state index in [0.29, 0.717) is 0 Å². The van der Waals surface area contributed by atoms with Crippen LogP contribution in [-0.2, 0) is 0 Å². The van der Waals surface area contributed by atoms with Crippen LogP contribution in [0.2, 0.25) is 0 Å². The van der Waals surface area contributed by atoms with Crippen molar-refractivity contribution in [3.8, 4) is 5.69 Å². The predicted octanol–water partition coefficient (Wildman–Crippen LogP) is 14.8. The molecule has 0 amide bonds. The standard InChI is InChI=1S/C52H32N2O/c1-2-14-36(15-3-1)54-46-20-10-8-18-41(46)42-28-25-37(31-48(42)54)53(38-26-29-44-43-19-9-11-21-49(43)55-50(44)32-38)47-30-35-23-22-33-12-4-6-16-39(33)51(35)52-40-17-7-5-13-34(40)24-27-45(47)52/h1-32H. The highest BCUT2D eigenvalue weighted by Gasteiger charge is 2.22. The molecule has 12 aromatic rings. The van der Waals surface area contributed by atoms with Gasteiger partial charge in [-0.3, -0.25) is 0 Å². The fourth-order valence-electron chi connectivity index (χ4n) is 9.09. The Labute approximate surface area is 316 Å². The van der Waals surface area contributed by atoms with Gasteiger partial charge in [0, 0.05) is 55.4 Å². The van der Waals surface area contributed by atoms with Crippen molar-refractivity contribution in [1.82, 2.24) is 4.57 Å². The Morgan fingerprint density at radius 3 is 1.73 bits per heavy atom. The number of fused-ring (bicyclic) bond motifs is 13. The number of para-hydroxylation sites is 3. The third kappa shape index (κ3) is 4.44. The van der Waals surface area contributed by atoms with Crippen LogP contribution in [0.3, 0.4) is 0 Å². The lowest BCUT2D eigenvalue weighted by molar-refractivity contribution is 0.669. The summed E-state index contributed by atoms with van der Waals surface area (Å²) in [5, 5.41) is 14.6. The largest absolute Gasteiger partial charge is 0.456 e. The van der Waals surface area contributed by atoms with Crippen molar-refractivity contribution >= 4 is 104 Å². The Bertz CT molecular complexity index is 3500. The minimum absolute atomic E-state index is 0.865. The number of furan rings is 1. The average Bonchev–Trinajstić information content (AvgIpc) is 3.79. The molecule has 0 saturated heterocycles. The molecule has 12 rings (SSSR count). The van der Waals surface area contributed by atoms with Gasteiger partial charge in [0.25, 0.3) is 0 Å². The maximum atomic E-state index is 6.53. The second-order valence-corrected chi connectivity index (χ2v) is 14.5. The zero-order valence-electron chi connectivity index (χ0n) is 29.8. The van der Waals surface area contributed by atoms with Crippen molar-refractivity contribution in [2.24, 2.45) is 0 Å². The average molecular weight is 701 g/mol. The topological polar surface area (TPSA) is 21.3 Å². The summed E-state index contributed by atoms with van der Waals surface area (Å²) in [6.45, 7) is 0. The molecule has 0 N–H and O–H groups in total. The van der Waals surface area contributed by atoms with Crippen LogP contribution < -0.4 is 4.90 Å². The smallest absolute Gasteiger partial charge is 0.137 e. The van der Waals surface area contributed by atoms with E-state index >= 15 is 0 Å². The van der Waals surface area contributed by atoms with Gasteiger partial charge < -0.3 is 13.9 Å². The highest BCUT2D eigenvalue weighted by atomic mass is 16.3. The lowest BCUT2D eigenvalue weighted by Gasteiger charge is -2.28. The molecule has 0 unspecified atom stereocenters. The maximum Gasteiger partial charge on any atom is 0.137 e. The number of benzene rings is 10. The summed E-state index contributed by atoms with van der Waals surface area (Å²) in [6, 6.07) is 70.4. The first-order chi connectivity index (χ1) is 27.3. The van der Waals surface area contributed by atoms with Crippen LogP contribution in [-0.4, -0.2) is 4.57 Å². The lowest BCUT2D eigenvalue weighted by Crippen LogP contribution is -2.11. The van der Waals surface area contributed by atoms with E-state index in [1.807, 2.05) is 6.07 Å². The number of rotatable bonds is 4. The molecule has 55 heavy (non-hydrogen) atoms. The second kappa shape index (κ2) is 11.6. The van der Waals surface area contributed by atoms with Crippen LogP contribution in [0.5, 0.6) is 0 Å². The first-order valence-electron chi connectivity index (χ1n) is 18.8. The number of aromatic nitrogens is 1. The summed E-state index contributed by atoms with van der Waals surface area (Å²) in [5.41, 5.74) is 8.44. The second-order valence-electron chi connectivity index (χ2n) is 14.5. The van der Waals surface area contributed by atoms with Crippen LogP contribution in [0.25, 0.3) is 92.5 Å². The molecule has 0 fully saturated rings. The summed E-state index contributed by atoms with van der Waals surface area (Å²) in [6.07, 6.45) is 0. The van der Waals surface area contributed by atoms with Crippen molar-refractivity contribution in [1.29, 1.82) is 0 Å². The van der Waals surface area contributed by atoms with E-state index in [4.69, 9.17) is 4.42 Å². The van der Waals surface area contributed by atoms with E-state index in [0.717, 1.165) is 50.2 Å². The van der Waals surface area contributed by atoms with Crippen molar-refractivity contribution in [3.63, 3.8) is 0 Å². The molecular formula is C52H32N2O. The van der Waals surface area contributed by atoms with Gasteiger partial charge >= 0.3 is 0 Å². The summed E-state index contributed by atoms with van der Waals surface area (Å²) in [7, 11) is 0. The molecule has 0 saturated carbocycles. The van der Waals surface area contributed by atoms with Gasteiger partial charge in [-0.1, -0.05) is 133 Å². The molecule has 0 aliphatic heterocycles. The van der Waals surface area contributed by atoms with Crippen LogP contribution in [0, 0.1) is 0 Å². The molecule has 10 aromatic carbocycles. The fourth-order valence-corrected chi connectivity index (χ4v) is 9.09. The summed E-state index contributed by atoms with van der Waals surface area (Å²) in [5.74, 6) is 0. The van der Waals surface area contributed by atoms with Gasteiger partial charge in [-0.05, 0) is 86.9 Å². The molecule has 0 radical (unpaired) electrons. The third-order valence-electron chi connectivity index (χ3n) is 11.5. The van der Waals surface area contributed by atoms with Crippen molar-refractivity contribution in [2.45, 2.75) is 0 Å². The SMILES string of the molecule is c1ccc(-n2c3ccccc3c3ccc(N(c4ccc5c(c4)oc4ccccc45)c4cc5ccc6ccccc6c5c5c4ccc4ccccc45)cc32)cc1. The molecule has 2 aromatic heterocycles. The summed E-state index contributed by atoms with van der Waals surface area (Å²) < 4.78 is 8.93. The van der Waals surface area contributed by atoms with E-state index in [-0.39, 0.29) is 0 Å². The summed E-state index contributed by atoms with van der Waals surface area (Å²) >= 11 is 0. The molecule has 0 aliphatic rings. The van der Waals surface area contributed by atoms with Crippen molar-refractivity contribution < 1.29 is 4.42 Å². The van der Waals surface area contributed by atoms with Gasteiger partial charge in [0.2, 0.25) is 0 Å². The Morgan fingerprint density at radius 2 is 0.909 bits per heavy atom. The van der Waals surface area contributed by atoms with Crippen LogP contribution in [0.15, 0.2) is 199 Å². The minimum Gasteiger partial charge on any atom is -0.456 e. The Kier molecular flexibility index (Phi) is 6.34. The Balaban J connectivity index is 1.22. The van der Waals surface area contributed by atoms with E-state index in [2.05, 4.69) is 198 Å². The Morgan fingerprint density at radius 1 is 0.345 bits per heavy atom. The van der Waals surface area contributed by atoms with E-state index in [9.17, 15) is 0 Å². The van der Waals surface area contributed by atoms with E-state index < -0.39 is 0 Å². The minimum atomic E-state index is 0.865. The first-order valence-corrected chi connectivity index (χ1v) is 18.8. The predicted molar refractivity (Wildman–Crippen MR) is 233 cm³/mol. The fraction of sp³-hybridized carbons (Fsp3) is 0. The zero-order valence-corrected chi connectivity index (χ0v) is 29.8. The molecule has 0 bridgehead atoms. The van der Waals surface area contributed by atoms with Crippen LogP contribution in [0.1, 0.15) is 0 Å². The number of nitrogens with zero attached hydrogens (tertiary/aromatic N) is 2. The van der Waals surface area contributed by atoms with Crippen LogP contribution >= 0.6 is 0 Å². The zero-order chi connectivity index (χ0) is 36.0. The molecule has 3 nitrogen and oxygen atoms in total. The van der Waals surface area contributed by atoms with E-state index in [1.165, 1.54) is 59.4 Å². The number of anilines is 3. The quantitative estimate of drug-likeness (QED) is 0.170. The molecule has 2 heterocycles. The van der Waals surface area contributed by atoms with Crippen LogP contribution in [0.4, 0.5) is 17.1 Å². The summed E-state index contributed by atoms with van der Waals surface area (Å²) in [4.78, 5) is 2.44. The molecule has 3 heteroatoms. The first kappa shape index (κ1) is 30.1. The van der Waals surface area contributed by atoms with E-state index in [1.54, 1.807) is 0 Å². The molecule has 0 atom stereocenters. The number of hydrogen-bond acceptors (Lipinski definition) is 2. The molecule has 0 spiro atoms. The lowest BCUT2D eigenvalue weighted by atomic mass is 9.91. The highest BCUT2D eigenvalue weighted by Crippen LogP contribution is 2.47. The third-order valence-corrected chi connectivity index (χ3v) is 11.5. The highest BCUT2D eigenvalue weighted by molar-refractivity contribution is 6.30. The molecular weight excluding hydrogens is 669 g/mol. The van der Waals surface area contributed by atoms with Crippen molar-refractivity contribution in [3.05, 3.63) is 194 Å². The molecule has 0 aliphatic carbocycles. The van der Waals surface area contributed by atoms with Gasteiger partial charge in [-0.15, -0.1) is 0 Å². The van der Waals surface area contributed by atoms with Gasteiger partial charge in [0.05, 0.1) is 16.7 Å². The van der Waals surface area contributed by atoms with Gasteiger partial charge in [-0.25, -0.2) is 0 Å². The molecule has 256 valence electrons. The van der Waals surface area contributed by atoms with Gasteiger partial charge in [0.15, 0.2) is 0 Å².